The number of amides is 1. The van der Waals surface area contributed by atoms with Crippen molar-refractivity contribution >= 4 is 5.91 Å². The molecule has 1 aliphatic rings. The van der Waals surface area contributed by atoms with E-state index < -0.39 is 0 Å². The van der Waals surface area contributed by atoms with E-state index in [4.69, 9.17) is 9.40 Å². The molecule has 1 atom stereocenters. The van der Waals surface area contributed by atoms with Gasteiger partial charge in [0.05, 0.1) is 11.3 Å². The predicted octanol–water partition coefficient (Wildman–Crippen LogP) is 3.14. The predicted molar refractivity (Wildman–Crippen MR) is 88.7 cm³/mol. The number of nitrogens with one attached hydrogen (secondary N) is 1. The molecule has 0 bridgehead atoms. The molecule has 2 aromatic heterocycles. The summed E-state index contributed by atoms with van der Waals surface area (Å²) < 4.78 is 7.63. The van der Waals surface area contributed by atoms with Gasteiger partial charge in [-0.1, -0.05) is 20.8 Å². The number of aromatic nitrogens is 2. The summed E-state index contributed by atoms with van der Waals surface area (Å²) in [5.41, 5.74) is 1.80. The molecule has 5 nitrogen and oxygen atoms in total. The fourth-order valence-electron chi connectivity index (χ4n) is 3.04. The van der Waals surface area contributed by atoms with Crippen LogP contribution in [-0.4, -0.2) is 21.5 Å². The third-order valence-corrected chi connectivity index (χ3v) is 4.38. The molecule has 0 aliphatic carbocycles. The van der Waals surface area contributed by atoms with Crippen LogP contribution < -0.4 is 5.32 Å². The summed E-state index contributed by atoms with van der Waals surface area (Å²) in [5.74, 6) is 2.51. The number of hydrogen-bond donors (Lipinski definition) is 1. The van der Waals surface area contributed by atoms with Crippen LogP contribution in [0.4, 0.5) is 0 Å². The average Bonchev–Trinajstić information content (AvgIpc) is 3.01. The Balaban J connectivity index is 1.71. The third kappa shape index (κ3) is 3.19. The van der Waals surface area contributed by atoms with E-state index >= 15 is 0 Å². The lowest BCUT2D eigenvalue weighted by Gasteiger charge is -2.24. The molecule has 0 unspecified atom stereocenters. The molecule has 0 saturated carbocycles. The van der Waals surface area contributed by atoms with Gasteiger partial charge in [0, 0.05) is 30.6 Å². The van der Waals surface area contributed by atoms with Crippen molar-refractivity contribution in [3.05, 3.63) is 40.9 Å². The SMILES string of the molecule is Cc1cc(C(=O)N[C@H]2CCc3nc(C(C)(C)C)cn3C2)c(C)o1. The Morgan fingerprint density at radius 2 is 2.13 bits per heavy atom. The van der Waals surface area contributed by atoms with Crippen LogP contribution in [0.25, 0.3) is 0 Å². The number of furan rings is 1. The van der Waals surface area contributed by atoms with Crippen LogP contribution in [0.2, 0.25) is 0 Å². The molecule has 0 spiro atoms. The number of rotatable bonds is 2. The zero-order chi connectivity index (χ0) is 16.8. The van der Waals surface area contributed by atoms with Gasteiger partial charge in [0.15, 0.2) is 0 Å². The second-order valence-electron chi connectivity index (χ2n) is 7.48. The molecule has 1 N–H and O–H groups in total. The maximum Gasteiger partial charge on any atom is 0.255 e. The first-order valence-electron chi connectivity index (χ1n) is 8.18. The fraction of sp³-hybridized carbons (Fsp3) is 0.556. The summed E-state index contributed by atoms with van der Waals surface area (Å²) in [4.78, 5) is 17.2. The molecule has 124 valence electrons. The van der Waals surface area contributed by atoms with Gasteiger partial charge < -0.3 is 14.3 Å². The molecule has 0 fully saturated rings. The monoisotopic (exact) mass is 315 g/mol. The maximum atomic E-state index is 12.4. The first-order chi connectivity index (χ1) is 10.7. The van der Waals surface area contributed by atoms with Crippen LogP contribution in [-0.2, 0) is 18.4 Å². The van der Waals surface area contributed by atoms with Gasteiger partial charge in [0.1, 0.15) is 17.3 Å². The third-order valence-electron chi connectivity index (χ3n) is 4.38. The number of hydrogen-bond acceptors (Lipinski definition) is 3. The van der Waals surface area contributed by atoms with Crippen LogP contribution in [0.5, 0.6) is 0 Å². The Morgan fingerprint density at radius 3 is 2.74 bits per heavy atom. The van der Waals surface area contributed by atoms with Crippen molar-refractivity contribution in [3.63, 3.8) is 0 Å². The van der Waals surface area contributed by atoms with Gasteiger partial charge in [0.2, 0.25) is 0 Å². The molecule has 0 aromatic carbocycles. The first kappa shape index (κ1) is 15.8. The van der Waals surface area contributed by atoms with Crippen molar-refractivity contribution in [2.75, 3.05) is 0 Å². The molecular formula is C18H25N3O2. The Kier molecular flexibility index (Phi) is 3.82. The highest BCUT2D eigenvalue weighted by Gasteiger charge is 2.26. The highest BCUT2D eigenvalue weighted by atomic mass is 16.3. The summed E-state index contributed by atoms with van der Waals surface area (Å²) >= 11 is 0. The average molecular weight is 315 g/mol. The van der Waals surface area contributed by atoms with E-state index in [1.165, 1.54) is 0 Å². The van der Waals surface area contributed by atoms with Gasteiger partial charge in [-0.15, -0.1) is 0 Å². The highest BCUT2D eigenvalue weighted by molar-refractivity contribution is 5.95. The summed E-state index contributed by atoms with van der Waals surface area (Å²) in [5, 5.41) is 3.13. The zero-order valence-corrected chi connectivity index (χ0v) is 14.6. The Morgan fingerprint density at radius 1 is 1.39 bits per heavy atom. The molecule has 1 aliphatic heterocycles. The van der Waals surface area contributed by atoms with Gasteiger partial charge >= 0.3 is 0 Å². The highest BCUT2D eigenvalue weighted by Crippen LogP contribution is 2.24. The van der Waals surface area contributed by atoms with E-state index in [2.05, 4.69) is 36.9 Å². The molecule has 3 rings (SSSR count). The fourth-order valence-corrected chi connectivity index (χ4v) is 3.04. The van der Waals surface area contributed by atoms with Crippen molar-refractivity contribution in [2.24, 2.45) is 0 Å². The second-order valence-corrected chi connectivity index (χ2v) is 7.48. The number of carbonyl (C=O) groups excluding carboxylic acids is 1. The molecule has 1 amide bonds. The maximum absolute atomic E-state index is 12.4. The van der Waals surface area contributed by atoms with E-state index in [9.17, 15) is 4.79 Å². The standard InChI is InChI=1S/C18H25N3O2/c1-11-8-14(12(2)23-11)17(22)19-13-6-7-16-20-15(18(3,4)5)10-21(16)9-13/h8,10,13H,6-7,9H2,1-5H3,(H,19,22)/t13-/m0/s1. The zero-order valence-electron chi connectivity index (χ0n) is 14.6. The van der Waals surface area contributed by atoms with Gasteiger partial charge in [-0.05, 0) is 26.3 Å². The normalized spacial score (nSPS) is 17.9. The van der Waals surface area contributed by atoms with Crippen molar-refractivity contribution in [2.45, 2.75) is 65.5 Å². The Bertz CT molecular complexity index is 734. The number of aryl methyl sites for hydroxylation is 3. The number of carbonyl (C=O) groups is 1. The van der Waals surface area contributed by atoms with E-state index in [0.29, 0.717) is 11.3 Å². The van der Waals surface area contributed by atoms with Crippen LogP contribution in [0.3, 0.4) is 0 Å². The van der Waals surface area contributed by atoms with Crippen LogP contribution in [0.1, 0.15) is 60.6 Å². The Hall–Kier alpha value is -2.04. The second kappa shape index (κ2) is 5.55. The topological polar surface area (TPSA) is 60.1 Å². The van der Waals surface area contributed by atoms with E-state index in [1.54, 1.807) is 6.07 Å². The lowest BCUT2D eigenvalue weighted by Crippen LogP contribution is -2.41. The summed E-state index contributed by atoms with van der Waals surface area (Å²) in [7, 11) is 0. The van der Waals surface area contributed by atoms with E-state index in [-0.39, 0.29) is 17.4 Å². The van der Waals surface area contributed by atoms with Gasteiger partial charge in [0.25, 0.3) is 5.91 Å². The van der Waals surface area contributed by atoms with E-state index in [0.717, 1.165) is 36.7 Å². The molecule has 23 heavy (non-hydrogen) atoms. The first-order valence-corrected chi connectivity index (χ1v) is 8.18. The molecule has 0 saturated heterocycles. The molecular weight excluding hydrogens is 290 g/mol. The smallest absolute Gasteiger partial charge is 0.255 e. The van der Waals surface area contributed by atoms with E-state index in [1.807, 2.05) is 13.8 Å². The lowest BCUT2D eigenvalue weighted by molar-refractivity contribution is 0.0926. The quantitative estimate of drug-likeness (QED) is 0.926. The summed E-state index contributed by atoms with van der Waals surface area (Å²) in [6, 6.07) is 1.93. The van der Waals surface area contributed by atoms with Crippen molar-refractivity contribution in [3.8, 4) is 0 Å². The minimum absolute atomic E-state index is 0.0501. The molecule has 2 aromatic rings. The Labute approximate surface area is 137 Å². The minimum atomic E-state index is -0.0519. The molecule has 0 radical (unpaired) electrons. The van der Waals surface area contributed by atoms with Gasteiger partial charge in [-0.3, -0.25) is 4.79 Å². The van der Waals surface area contributed by atoms with Crippen LogP contribution >= 0.6 is 0 Å². The number of nitrogens with zero attached hydrogens (tertiary/aromatic N) is 2. The molecule has 5 heteroatoms. The molecule has 3 heterocycles. The minimum Gasteiger partial charge on any atom is -0.466 e. The lowest BCUT2D eigenvalue weighted by atomic mass is 9.93. The van der Waals surface area contributed by atoms with Crippen LogP contribution in [0, 0.1) is 13.8 Å². The van der Waals surface area contributed by atoms with Crippen molar-refractivity contribution < 1.29 is 9.21 Å². The van der Waals surface area contributed by atoms with Crippen molar-refractivity contribution in [1.82, 2.24) is 14.9 Å². The van der Waals surface area contributed by atoms with Gasteiger partial charge in [-0.2, -0.15) is 0 Å². The number of imidazole rings is 1. The summed E-state index contributed by atoms with van der Waals surface area (Å²) in [6.45, 7) is 11.0. The number of fused-ring (bicyclic) bond motifs is 1. The van der Waals surface area contributed by atoms with Crippen molar-refractivity contribution in [1.29, 1.82) is 0 Å². The van der Waals surface area contributed by atoms with Gasteiger partial charge in [-0.25, -0.2) is 4.98 Å². The summed E-state index contributed by atoms with van der Waals surface area (Å²) in [6.07, 6.45) is 3.94. The van der Waals surface area contributed by atoms with Crippen LogP contribution in [0.15, 0.2) is 16.7 Å². The largest absolute Gasteiger partial charge is 0.466 e.